The third-order valence-corrected chi connectivity index (χ3v) is 36.6. The van der Waals surface area contributed by atoms with E-state index in [1.807, 2.05) is 0 Å². The predicted molar refractivity (Wildman–Crippen MR) is 136 cm³/mol. The molecule has 0 amide bonds. The van der Waals surface area contributed by atoms with Crippen LogP contribution in [0.1, 0.15) is 26.3 Å². The SMILES string of the molecule is C1C[Si]2=[Zr]=[Si]1CC2.CC1=[C-]C(C)C=C1C.Cc1cc2c(-c3ccccc3)cccc2[cH-]1.[Cl-].[Cl-]. The number of aryl methyl sites for hydroxylation is 1. The zero-order chi connectivity index (χ0) is 21.8. The molecule has 0 saturated heterocycles. The first-order valence-corrected chi connectivity index (χ1v) is 22.7. The second-order valence-electron chi connectivity index (χ2n) is 8.95. The molecule has 0 N–H and O–H groups in total. The van der Waals surface area contributed by atoms with Crippen LogP contribution in [0.25, 0.3) is 21.9 Å². The second kappa shape index (κ2) is 13.5. The maximum Gasteiger partial charge on any atom is -0.0279 e. The van der Waals surface area contributed by atoms with Gasteiger partial charge in [-0.2, -0.15) is 12.1 Å². The summed E-state index contributed by atoms with van der Waals surface area (Å²) in [5.41, 5.74) is 7.73. The van der Waals surface area contributed by atoms with Crippen LogP contribution >= 0.6 is 0 Å². The molecular weight excluding hydrogens is 555 g/mol. The summed E-state index contributed by atoms with van der Waals surface area (Å²) < 4.78 is 0. The molecule has 0 aromatic heterocycles. The Morgan fingerprint density at radius 3 is 1.97 bits per heavy atom. The number of benzene rings is 2. The Balaban J connectivity index is 0.000000191. The van der Waals surface area contributed by atoms with Gasteiger partial charge in [-0.1, -0.05) is 68.7 Å². The Morgan fingerprint density at radius 1 is 0.879 bits per heavy atom. The Labute approximate surface area is 223 Å². The first-order valence-electron chi connectivity index (χ1n) is 11.5. The van der Waals surface area contributed by atoms with Gasteiger partial charge in [0, 0.05) is 0 Å². The van der Waals surface area contributed by atoms with Gasteiger partial charge in [0.2, 0.25) is 0 Å². The average molecular weight is 587 g/mol. The van der Waals surface area contributed by atoms with Crippen molar-refractivity contribution in [3.8, 4) is 11.1 Å². The number of halogens is 2. The van der Waals surface area contributed by atoms with Crippen molar-refractivity contribution in [2.45, 2.75) is 51.9 Å². The summed E-state index contributed by atoms with van der Waals surface area (Å²) in [6.45, 7) is 8.54. The van der Waals surface area contributed by atoms with Gasteiger partial charge in [-0.3, -0.25) is 6.08 Å². The molecule has 33 heavy (non-hydrogen) atoms. The fourth-order valence-electron chi connectivity index (χ4n) is 4.60. The van der Waals surface area contributed by atoms with Crippen LogP contribution in [0.4, 0.5) is 0 Å². The Hall–Kier alpha value is -0.573. The van der Waals surface area contributed by atoms with Crippen molar-refractivity contribution in [2.24, 2.45) is 5.92 Å². The van der Waals surface area contributed by atoms with Crippen LogP contribution < -0.4 is 24.8 Å². The van der Waals surface area contributed by atoms with E-state index in [0.717, 1.165) is 0 Å². The third kappa shape index (κ3) is 7.71. The van der Waals surface area contributed by atoms with Crippen LogP contribution in [0.2, 0.25) is 24.2 Å². The average Bonchev–Trinajstić information content (AvgIpc) is 3.55. The van der Waals surface area contributed by atoms with E-state index in [1.54, 1.807) is 24.2 Å². The molecule has 2 heterocycles. The Kier molecular flexibility index (Phi) is 11.7. The molecule has 0 nitrogen and oxygen atoms in total. The smallest absolute Gasteiger partial charge is 0.0279 e. The molecule has 0 radical (unpaired) electrons. The number of hydrogen-bond acceptors (Lipinski definition) is 0. The maximum atomic E-state index is 3.29. The van der Waals surface area contributed by atoms with Crippen LogP contribution in [-0.2, 0) is 20.5 Å². The summed E-state index contributed by atoms with van der Waals surface area (Å²) in [7, 11) is 0. The van der Waals surface area contributed by atoms with Crippen LogP contribution in [0.3, 0.4) is 0 Å². The van der Waals surface area contributed by atoms with Crippen molar-refractivity contribution >= 4 is 21.6 Å². The fraction of sp³-hybridized carbons (Fsp3) is 0.321. The molecule has 0 spiro atoms. The summed E-state index contributed by atoms with van der Waals surface area (Å²) in [5.74, 6) is 0.551. The van der Waals surface area contributed by atoms with Gasteiger partial charge in [0.25, 0.3) is 0 Å². The monoisotopic (exact) mass is 584 g/mol. The van der Waals surface area contributed by atoms with Gasteiger partial charge >= 0.3 is 55.5 Å². The van der Waals surface area contributed by atoms with E-state index in [2.05, 4.69) is 101 Å². The summed E-state index contributed by atoms with van der Waals surface area (Å²) in [5, 5.41) is 2.69. The van der Waals surface area contributed by atoms with Crippen molar-refractivity contribution in [3.63, 3.8) is 0 Å². The fourth-order valence-corrected chi connectivity index (χ4v) is 47.1. The summed E-state index contributed by atoms with van der Waals surface area (Å²) in [6, 6.07) is 28.7. The molecule has 3 aromatic rings. The van der Waals surface area contributed by atoms with E-state index in [4.69, 9.17) is 0 Å². The molecule has 1 unspecified atom stereocenters. The summed E-state index contributed by atoms with van der Waals surface area (Å²) in [4.78, 5) is 0. The first-order chi connectivity index (χ1) is 15.0. The standard InChI is InChI=1S/C16H13.C8H11.C4H8Si2.2ClH.Zr/c1-12-10-14-8-5-9-15(16(14)11-12)13-6-3-2-4-7-13;1-6-4-7(2)8(3)5-6;1-2-6-4-3-5-1;;;/h2-11H,1H3;4,6H,1-3H3;1-4H2;2*1H;/q2*-1;;;;/p-2. The van der Waals surface area contributed by atoms with E-state index >= 15 is 0 Å². The minimum absolute atomic E-state index is 0. The second-order valence-corrected chi connectivity index (χ2v) is 30.3. The molecule has 6 rings (SSSR count). The zero-order valence-electron chi connectivity index (χ0n) is 20.0. The molecule has 3 aromatic carbocycles. The van der Waals surface area contributed by atoms with Gasteiger partial charge in [0.05, 0.1) is 0 Å². The number of fused-ring (bicyclic) bond motifs is 1. The van der Waals surface area contributed by atoms with Crippen LogP contribution in [-0.4, -0.2) is 10.9 Å². The van der Waals surface area contributed by atoms with Crippen LogP contribution in [0.15, 0.2) is 77.9 Å². The summed E-state index contributed by atoms with van der Waals surface area (Å²) >= 11 is 0.465. The minimum atomic E-state index is 0. The Bertz CT molecular complexity index is 1170. The van der Waals surface area contributed by atoms with E-state index in [0.29, 0.717) is 37.3 Å². The molecule has 2 bridgehead atoms. The third-order valence-electron chi connectivity index (χ3n) is 6.33. The molecule has 3 aliphatic rings. The van der Waals surface area contributed by atoms with Crippen LogP contribution in [0, 0.1) is 18.9 Å². The topological polar surface area (TPSA) is 0 Å². The molecule has 174 valence electrons. The van der Waals surface area contributed by atoms with Crippen molar-refractivity contribution in [3.05, 3.63) is 89.5 Å². The zero-order valence-corrected chi connectivity index (χ0v) is 26.0. The number of hydrogen-bond donors (Lipinski definition) is 0. The van der Waals surface area contributed by atoms with Gasteiger partial charge in [-0.05, 0) is 5.56 Å². The van der Waals surface area contributed by atoms with Gasteiger partial charge in [-0.25, -0.2) is 11.1 Å². The molecule has 0 fully saturated rings. The molecule has 1 aliphatic carbocycles. The van der Waals surface area contributed by atoms with E-state index in [-0.39, 0.29) is 24.8 Å². The van der Waals surface area contributed by atoms with Crippen molar-refractivity contribution in [2.75, 3.05) is 0 Å². The molecule has 2 aliphatic heterocycles. The van der Waals surface area contributed by atoms with Crippen molar-refractivity contribution in [1.29, 1.82) is 0 Å². The van der Waals surface area contributed by atoms with Gasteiger partial charge in [0.1, 0.15) is 0 Å². The van der Waals surface area contributed by atoms with Crippen molar-refractivity contribution < 1.29 is 45.3 Å². The largest absolute Gasteiger partial charge is 1.00 e. The van der Waals surface area contributed by atoms with Gasteiger partial charge in [-0.15, -0.1) is 41.5 Å². The molecule has 5 heteroatoms. The predicted octanol–water partition coefficient (Wildman–Crippen LogP) is 1.95. The van der Waals surface area contributed by atoms with Crippen molar-refractivity contribution in [1.82, 2.24) is 0 Å². The molecular formula is C28H32Cl2Si2Zr-4. The number of allylic oxidation sites excluding steroid dienone is 4. The van der Waals surface area contributed by atoms with E-state index < -0.39 is 0 Å². The Morgan fingerprint density at radius 2 is 1.52 bits per heavy atom. The first kappa shape index (κ1) is 28.7. The van der Waals surface area contributed by atoms with Gasteiger partial charge in [0.15, 0.2) is 0 Å². The maximum absolute atomic E-state index is 3.29. The van der Waals surface area contributed by atoms with Gasteiger partial charge < -0.3 is 24.8 Å². The molecule has 1 atom stereocenters. The quantitative estimate of drug-likeness (QED) is 0.302. The normalized spacial score (nSPS) is 17.3. The van der Waals surface area contributed by atoms with E-state index in [1.165, 1.54) is 38.6 Å². The van der Waals surface area contributed by atoms with E-state index in [9.17, 15) is 0 Å². The number of rotatable bonds is 1. The molecule has 0 saturated carbocycles. The minimum Gasteiger partial charge on any atom is -1.00 e. The summed E-state index contributed by atoms with van der Waals surface area (Å²) in [6.07, 6.45) is 5.52. The van der Waals surface area contributed by atoms with Crippen LogP contribution in [0.5, 0.6) is 0 Å².